The Labute approximate surface area is 126 Å². The van der Waals surface area contributed by atoms with E-state index in [1.54, 1.807) is 7.11 Å². The van der Waals surface area contributed by atoms with E-state index in [-0.39, 0.29) is 12.0 Å². The average molecular weight is 301 g/mol. The number of aliphatic carboxylic acids is 1. The number of carboxylic acid groups (broad SMARTS) is 1. The zero-order valence-corrected chi connectivity index (χ0v) is 12.8. The van der Waals surface area contributed by atoms with Crippen LogP contribution in [0.3, 0.4) is 0 Å². The molecule has 0 saturated heterocycles. The first-order valence-electron chi connectivity index (χ1n) is 7.84. The molecule has 4 unspecified atom stereocenters. The Kier molecular flexibility index (Phi) is 6.89. The van der Waals surface area contributed by atoms with Crippen molar-refractivity contribution >= 4 is 5.97 Å². The fourth-order valence-corrected chi connectivity index (χ4v) is 3.70. The molecular formula is C15H27NO5. The van der Waals surface area contributed by atoms with E-state index < -0.39 is 5.97 Å². The van der Waals surface area contributed by atoms with Gasteiger partial charge in [0.25, 0.3) is 0 Å². The van der Waals surface area contributed by atoms with Crippen molar-refractivity contribution < 1.29 is 24.1 Å². The zero-order chi connectivity index (χ0) is 15.1. The summed E-state index contributed by atoms with van der Waals surface area (Å²) in [6, 6.07) is 0.128. The van der Waals surface area contributed by atoms with Crippen molar-refractivity contribution in [3.8, 4) is 0 Å². The van der Waals surface area contributed by atoms with Gasteiger partial charge in [0.2, 0.25) is 0 Å². The molecular weight excluding hydrogens is 274 g/mol. The summed E-state index contributed by atoms with van der Waals surface area (Å²) in [5.41, 5.74) is 0. The third-order valence-electron chi connectivity index (χ3n) is 4.63. The van der Waals surface area contributed by atoms with E-state index in [1.165, 1.54) is 6.42 Å². The van der Waals surface area contributed by atoms with E-state index in [9.17, 15) is 9.90 Å². The number of methoxy groups -OCH3 is 1. The van der Waals surface area contributed by atoms with Gasteiger partial charge in [-0.25, -0.2) is 0 Å². The monoisotopic (exact) mass is 301 g/mol. The van der Waals surface area contributed by atoms with Crippen LogP contribution in [0.4, 0.5) is 0 Å². The normalized spacial score (nSPS) is 30.9. The molecule has 0 aromatic carbocycles. The second-order valence-corrected chi connectivity index (χ2v) is 5.89. The molecule has 4 atom stereocenters. The highest BCUT2D eigenvalue weighted by atomic mass is 16.5. The van der Waals surface area contributed by atoms with Crippen LogP contribution in [0.15, 0.2) is 0 Å². The lowest BCUT2D eigenvalue weighted by molar-refractivity contribution is -0.144. The van der Waals surface area contributed by atoms with Crippen molar-refractivity contribution in [2.45, 2.75) is 25.3 Å². The molecule has 6 nitrogen and oxygen atoms in total. The molecule has 2 rings (SSSR count). The maximum absolute atomic E-state index is 11.4. The smallest absolute Gasteiger partial charge is 0.308 e. The van der Waals surface area contributed by atoms with Crippen molar-refractivity contribution in [2.24, 2.45) is 17.8 Å². The quantitative estimate of drug-likeness (QED) is 0.549. The zero-order valence-electron chi connectivity index (χ0n) is 12.8. The molecule has 122 valence electrons. The van der Waals surface area contributed by atoms with Gasteiger partial charge in [-0.1, -0.05) is 0 Å². The second kappa shape index (κ2) is 8.68. The third-order valence-corrected chi connectivity index (χ3v) is 4.63. The lowest BCUT2D eigenvalue weighted by Crippen LogP contribution is -2.45. The number of ether oxygens (including phenoxy) is 3. The fourth-order valence-electron chi connectivity index (χ4n) is 3.70. The Morgan fingerprint density at radius 3 is 2.48 bits per heavy atom. The van der Waals surface area contributed by atoms with Gasteiger partial charge in [-0.15, -0.1) is 0 Å². The van der Waals surface area contributed by atoms with Gasteiger partial charge in [-0.05, 0) is 31.1 Å². The number of carboxylic acids is 1. The summed E-state index contributed by atoms with van der Waals surface area (Å²) in [6.45, 7) is 3.61. The summed E-state index contributed by atoms with van der Waals surface area (Å²) in [5, 5.41) is 12.7. The van der Waals surface area contributed by atoms with Gasteiger partial charge in [-0.3, -0.25) is 4.79 Å². The molecule has 6 heteroatoms. The summed E-state index contributed by atoms with van der Waals surface area (Å²) in [6.07, 6.45) is 3.32. The molecule has 0 aromatic rings. The van der Waals surface area contributed by atoms with Gasteiger partial charge in [0.15, 0.2) is 0 Å². The van der Waals surface area contributed by atoms with Crippen molar-refractivity contribution in [1.29, 1.82) is 0 Å². The predicted octanol–water partition coefficient (Wildman–Crippen LogP) is 0.755. The summed E-state index contributed by atoms with van der Waals surface area (Å²) < 4.78 is 15.6. The van der Waals surface area contributed by atoms with Gasteiger partial charge in [0.05, 0.1) is 39.0 Å². The number of hydrogen-bond donors (Lipinski definition) is 2. The number of fused-ring (bicyclic) bond motifs is 2. The molecule has 2 bridgehead atoms. The highest BCUT2D eigenvalue weighted by Gasteiger charge is 2.50. The number of hydrogen-bond acceptors (Lipinski definition) is 5. The maximum atomic E-state index is 11.4. The minimum Gasteiger partial charge on any atom is -0.481 e. The maximum Gasteiger partial charge on any atom is 0.308 e. The van der Waals surface area contributed by atoms with Crippen LogP contribution in [-0.2, 0) is 19.0 Å². The summed E-state index contributed by atoms with van der Waals surface area (Å²) in [7, 11) is 1.64. The van der Waals surface area contributed by atoms with E-state index in [0.29, 0.717) is 51.4 Å². The molecule has 0 radical (unpaired) electrons. The van der Waals surface area contributed by atoms with Crippen LogP contribution >= 0.6 is 0 Å². The third kappa shape index (κ3) is 4.64. The molecule has 2 aliphatic carbocycles. The molecule has 0 heterocycles. The standard InChI is InChI=1S/C15H27NO5/c1-19-6-7-21-9-8-20-5-4-16-14-12-3-2-11(10-12)13(14)15(17)18/h11-14,16H,2-10H2,1H3,(H,17,18). The molecule has 0 spiro atoms. The number of rotatable bonds is 11. The minimum atomic E-state index is -0.646. The van der Waals surface area contributed by atoms with Crippen LogP contribution < -0.4 is 5.32 Å². The van der Waals surface area contributed by atoms with Gasteiger partial charge in [0.1, 0.15) is 0 Å². The van der Waals surface area contributed by atoms with Gasteiger partial charge >= 0.3 is 5.97 Å². The highest BCUT2D eigenvalue weighted by molar-refractivity contribution is 5.72. The van der Waals surface area contributed by atoms with Crippen molar-refractivity contribution in [3.63, 3.8) is 0 Å². The molecule has 2 aliphatic rings. The van der Waals surface area contributed by atoms with Crippen LogP contribution in [0.2, 0.25) is 0 Å². The van der Waals surface area contributed by atoms with E-state index >= 15 is 0 Å². The lowest BCUT2D eigenvalue weighted by Gasteiger charge is -2.29. The molecule has 21 heavy (non-hydrogen) atoms. The van der Waals surface area contributed by atoms with Crippen molar-refractivity contribution in [2.75, 3.05) is 46.7 Å². The number of nitrogens with one attached hydrogen (secondary N) is 1. The Balaban J connectivity index is 1.53. The fraction of sp³-hybridized carbons (Fsp3) is 0.933. The lowest BCUT2D eigenvalue weighted by atomic mass is 9.84. The Morgan fingerprint density at radius 1 is 1.10 bits per heavy atom. The Hall–Kier alpha value is -0.690. The van der Waals surface area contributed by atoms with Crippen molar-refractivity contribution in [1.82, 2.24) is 5.32 Å². The van der Waals surface area contributed by atoms with Crippen LogP contribution in [0.25, 0.3) is 0 Å². The topological polar surface area (TPSA) is 77.0 Å². The molecule has 2 N–H and O–H groups in total. The molecule has 0 aliphatic heterocycles. The molecule has 0 aromatic heterocycles. The van der Waals surface area contributed by atoms with E-state index in [4.69, 9.17) is 14.2 Å². The first-order valence-corrected chi connectivity index (χ1v) is 7.84. The van der Waals surface area contributed by atoms with Gasteiger partial charge in [-0.2, -0.15) is 0 Å². The molecule has 0 amide bonds. The average Bonchev–Trinajstić information content (AvgIpc) is 3.06. The molecule has 2 fully saturated rings. The van der Waals surface area contributed by atoms with Crippen LogP contribution in [0.1, 0.15) is 19.3 Å². The Bertz CT molecular complexity index is 325. The van der Waals surface area contributed by atoms with Gasteiger partial charge < -0.3 is 24.6 Å². The first-order chi connectivity index (χ1) is 10.2. The minimum absolute atomic E-state index is 0.128. The van der Waals surface area contributed by atoms with E-state index in [1.807, 2.05) is 0 Å². The van der Waals surface area contributed by atoms with Crippen molar-refractivity contribution in [3.05, 3.63) is 0 Å². The van der Waals surface area contributed by atoms with Crippen LogP contribution in [0, 0.1) is 17.8 Å². The summed E-state index contributed by atoms with van der Waals surface area (Å²) >= 11 is 0. The molecule has 2 saturated carbocycles. The van der Waals surface area contributed by atoms with Gasteiger partial charge in [0, 0.05) is 19.7 Å². The summed E-state index contributed by atoms with van der Waals surface area (Å²) in [5.74, 6) is 0.0573. The second-order valence-electron chi connectivity index (χ2n) is 5.89. The highest BCUT2D eigenvalue weighted by Crippen LogP contribution is 2.48. The predicted molar refractivity (Wildman–Crippen MR) is 77.3 cm³/mol. The number of carbonyl (C=O) groups is 1. The SMILES string of the molecule is COCCOCCOCCNC1C2CCC(C2)C1C(=O)O. The summed E-state index contributed by atoms with van der Waals surface area (Å²) in [4.78, 5) is 11.4. The van der Waals surface area contributed by atoms with E-state index in [2.05, 4.69) is 5.32 Å². The van der Waals surface area contributed by atoms with Crippen LogP contribution in [0.5, 0.6) is 0 Å². The first kappa shape index (κ1) is 16.7. The van der Waals surface area contributed by atoms with E-state index in [0.717, 1.165) is 12.8 Å². The largest absolute Gasteiger partial charge is 0.481 e. The Morgan fingerprint density at radius 2 is 1.76 bits per heavy atom. The van der Waals surface area contributed by atoms with Crippen LogP contribution in [-0.4, -0.2) is 63.8 Å².